The molecule has 1 atom stereocenters. The van der Waals surface area contributed by atoms with Gasteiger partial charge in [0.05, 0.1) is 23.2 Å². The van der Waals surface area contributed by atoms with Gasteiger partial charge in [0.25, 0.3) is 5.56 Å². The van der Waals surface area contributed by atoms with Crippen molar-refractivity contribution in [2.45, 2.75) is 84.0 Å². The normalized spacial score (nSPS) is 16.7. The number of aliphatic hydroxyl groups is 1. The predicted molar refractivity (Wildman–Crippen MR) is 125 cm³/mol. The number of rotatable bonds is 5. The molecule has 2 aromatic rings. The summed E-state index contributed by atoms with van der Waals surface area (Å²) in [5, 5.41) is 18.2. The molecule has 1 saturated heterocycles. The Morgan fingerprint density at radius 2 is 1.83 bits per heavy atom. The van der Waals surface area contributed by atoms with Crippen LogP contribution in [-0.4, -0.2) is 56.8 Å². The minimum absolute atomic E-state index is 0.0845. The first kappa shape index (κ1) is 26.9. The van der Waals surface area contributed by atoms with Gasteiger partial charge in [-0.2, -0.15) is 18.3 Å². The number of amides is 1. The third kappa shape index (κ3) is 6.72. The topological polar surface area (TPSA) is 96.7 Å². The molecule has 1 aliphatic heterocycles. The van der Waals surface area contributed by atoms with Crippen LogP contribution in [0.3, 0.4) is 0 Å². The van der Waals surface area contributed by atoms with Gasteiger partial charge in [-0.05, 0) is 57.7 Å². The van der Waals surface area contributed by atoms with Gasteiger partial charge in [0, 0.05) is 24.5 Å². The quantitative estimate of drug-likeness (QED) is 0.608. The summed E-state index contributed by atoms with van der Waals surface area (Å²) in [7, 11) is 0. The maximum atomic E-state index is 13.2. The number of carbonyl (C=O) groups excluding carboxylic acids is 1. The average Bonchev–Trinajstić information content (AvgIpc) is 2.73. The Morgan fingerprint density at radius 3 is 2.37 bits per heavy atom. The van der Waals surface area contributed by atoms with E-state index in [1.807, 2.05) is 0 Å². The predicted octanol–water partition coefficient (Wildman–Crippen LogP) is 3.85. The Kier molecular flexibility index (Phi) is 7.80. The molecule has 2 heterocycles. The van der Waals surface area contributed by atoms with E-state index < -0.39 is 29.1 Å². The van der Waals surface area contributed by atoms with Crippen molar-refractivity contribution >= 4 is 16.9 Å². The monoisotopic (exact) mass is 498 g/mol. The van der Waals surface area contributed by atoms with Crippen LogP contribution in [-0.2, 0) is 17.5 Å². The number of likely N-dealkylation sites (tertiary alicyclic amines) is 1. The second-order valence-corrected chi connectivity index (χ2v) is 10.2. The maximum Gasteiger partial charge on any atom is 0.416 e. The first-order valence-corrected chi connectivity index (χ1v) is 11.7. The molecule has 2 N–H and O–H groups in total. The van der Waals surface area contributed by atoms with E-state index in [0.717, 1.165) is 22.9 Å². The minimum atomic E-state index is -4.53. The van der Waals surface area contributed by atoms with Crippen molar-refractivity contribution in [3.8, 4) is 0 Å². The van der Waals surface area contributed by atoms with Crippen molar-refractivity contribution in [1.82, 2.24) is 20.0 Å². The van der Waals surface area contributed by atoms with Gasteiger partial charge in [-0.3, -0.25) is 10.1 Å². The van der Waals surface area contributed by atoms with Crippen LogP contribution < -0.4 is 10.9 Å². The van der Waals surface area contributed by atoms with E-state index in [9.17, 15) is 27.9 Å². The van der Waals surface area contributed by atoms with Gasteiger partial charge in [0.15, 0.2) is 0 Å². The second-order valence-electron chi connectivity index (χ2n) is 10.2. The van der Waals surface area contributed by atoms with Crippen LogP contribution in [0.1, 0.15) is 64.6 Å². The molecule has 1 aromatic heterocycles. The van der Waals surface area contributed by atoms with Gasteiger partial charge >= 0.3 is 12.3 Å². The van der Waals surface area contributed by atoms with Crippen LogP contribution in [0.5, 0.6) is 0 Å². The summed E-state index contributed by atoms with van der Waals surface area (Å²) in [6.07, 6.45) is -4.83. The Bertz CT molecular complexity index is 1120. The molecule has 1 aliphatic rings. The van der Waals surface area contributed by atoms with Crippen LogP contribution in [0.25, 0.3) is 10.8 Å². The first-order valence-electron chi connectivity index (χ1n) is 11.7. The highest BCUT2D eigenvalue weighted by molar-refractivity contribution is 5.84. The molecule has 0 bridgehead atoms. The van der Waals surface area contributed by atoms with Crippen molar-refractivity contribution in [3.05, 3.63) is 39.8 Å². The number of aromatic nitrogens is 2. The molecule has 8 nitrogen and oxygen atoms in total. The lowest BCUT2D eigenvalue weighted by Gasteiger charge is -2.34. The fourth-order valence-corrected chi connectivity index (χ4v) is 4.08. The first-order chi connectivity index (χ1) is 16.2. The Balaban J connectivity index is 1.71. The zero-order valence-corrected chi connectivity index (χ0v) is 20.6. The molecule has 0 aliphatic carbocycles. The Morgan fingerprint density at radius 1 is 1.20 bits per heavy atom. The molecule has 1 amide bonds. The van der Waals surface area contributed by atoms with Crippen LogP contribution in [0.4, 0.5) is 18.0 Å². The summed E-state index contributed by atoms with van der Waals surface area (Å²) in [5.41, 5.74) is -1.64. The maximum absolute atomic E-state index is 13.2. The van der Waals surface area contributed by atoms with Crippen LogP contribution >= 0.6 is 0 Å². The number of hydrogen-bond acceptors (Lipinski definition) is 6. The van der Waals surface area contributed by atoms with Gasteiger partial charge in [-0.25, -0.2) is 9.48 Å². The number of alkyl halides is 3. The van der Waals surface area contributed by atoms with E-state index >= 15 is 0 Å². The molecule has 0 radical (unpaired) electrons. The SMILES string of the molecule is CC(C)c1nn(CC(O)NC2CCN(C(=O)OC(C)(C)C)CC2)c(=O)c2ccc(C(F)(F)F)cc12. The molecule has 11 heteroatoms. The lowest BCUT2D eigenvalue weighted by atomic mass is 10.0. The standard InChI is InChI=1S/C24H33F3N4O4/c1-14(2)20-18-12-15(24(25,26)27)6-7-17(18)21(33)31(29-20)13-19(32)28-16-8-10-30(11-9-16)22(34)35-23(3,4)5/h6-7,12,14,16,19,28,32H,8-11,13H2,1-5H3. The summed E-state index contributed by atoms with van der Waals surface area (Å²) in [6, 6.07) is 2.91. The van der Waals surface area contributed by atoms with E-state index in [2.05, 4.69) is 10.4 Å². The smallest absolute Gasteiger partial charge is 0.416 e. The highest BCUT2D eigenvalue weighted by atomic mass is 19.4. The second kappa shape index (κ2) is 10.1. The summed E-state index contributed by atoms with van der Waals surface area (Å²) >= 11 is 0. The number of nitrogens with one attached hydrogen (secondary N) is 1. The number of hydrogen-bond donors (Lipinski definition) is 2. The molecule has 1 fully saturated rings. The lowest BCUT2D eigenvalue weighted by molar-refractivity contribution is -0.137. The number of benzene rings is 1. The lowest BCUT2D eigenvalue weighted by Crippen LogP contribution is -2.50. The molecule has 1 unspecified atom stereocenters. The molecule has 194 valence electrons. The van der Waals surface area contributed by atoms with Crippen LogP contribution in [0.15, 0.2) is 23.0 Å². The highest BCUT2D eigenvalue weighted by Crippen LogP contribution is 2.32. The van der Waals surface area contributed by atoms with Gasteiger partial charge in [0.1, 0.15) is 11.8 Å². The molecule has 0 saturated carbocycles. The number of carbonyl (C=O) groups is 1. The summed E-state index contributed by atoms with van der Waals surface area (Å²) in [6.45, 7) is 9.74. The van der Waals surface area contributed by atoms with Gasteiger partial charge in [-0.1, -0.05) is 13.8 Å². The van der Waals surface area contributed by atoms with E-state index in [1.165, 1.54) is 0 Å². The summed E-state index contributed by atoms with van der Waals surface area (Å²) in [4.78, 5) is 26.8. The molecular weight excluding hydrogens is 465 g/mol. The fraction of sp³-hybridized carbons (Fsp3) is 0.625. The van der Waals surface area contributed by atoms with E-state index in [0.29, 0.717) is 31.6 Å². The van der Waals surface area contributed by atoms with Crippen LogP contribution in [0.2, 0.25) is 0 Å². The third-order valence-electron chi connectivity index (χ3n) is 5.78. The highest BCUT2D eigenvalue weighted by Gasteiger charge is 2.32. The fourth-order valence-electron chi connectivity index (χ4n) is 4.08. The molecule has 0 spiro atoms. The third-order valence-corrected chi connectivity index (χ3v) is 5.78. The van der Waals surface area contributed by atoms with Gasteiger partial charge < -0.3 is 14.7 Å². The van der Waals surface area contributed by atoms with Crippen molar-refractivity contribution in [1.29, 1.82) is 0 Å². The number of piperidine rings is 1. The van der Waals surface area contributed by atoms with Crippen LogP contribution in [0, 0.1) is 0 Å². The molecule has 35 heavy (non-hydrogen) atoms. The number of ether oxygens (including phenoxy) is 1. The average molecular weight is 499 g/mol. The number of halogens is 3. The number of fused-ring (bicyclic) bond motifs is 1. The van der Waals surface area contributed by atoms with Crippen molar-refractivity contribution in [2.24, 2.45) is 0 Å². The van der Waals surface area contributed by atoms with E-state index in [-0.39, 0.29) is 35.4 Å². The Hall–Kier alpha value is -2.66. The van der Waals surface area contributed by atoms with Gasteiger partial charge in [0.2, 0.25) is 0 Å². The van der Waals surface area contributed by atoms with Crippen molar-refractivity contribution in [3.63, 3.8) is 0 Å². The van der Waals surface area contributed by atoms with Crippen molar-refractivity contribution in [2.75, 3.05) is 13.1 Å². The van der Waals surface area contributed by atoms with Crippen molar-refractivity contribution < 1.29 is 27.8 Å². The number of nitrogens with zero attached hydrogens (tertiary/aromatic N) is 3. The molecular formula is C24H33F3N4O4. The summed E-state index contributed by atoms with van der Waals surface area (Å²) in [5.74, 6) is -0.241. The zero-order valence-electron chi connectivity index (χ0n) is 20.6. The zero-order chi connectivity index (χ0) is 26.1. The largest absolute Gasteiger partial charge is 0.444 e. The van der Waals surface area contributed by atoms with Gasteiger partial charge in [-0.15, -0.1) is 0 Å². The van der Waals surface area contributed by atoms with E-state index in [1.54, 1.807) is 39.5 Å². The number of aliphatic hydroxyl groups excluding tert-OH is 1. The Labute approximate surface area is 202 Å². The molecule has 1 aromatic carbocycles. The summed E-state index contributed by atoms with van der Waals surface area (Å²) < 4.78 is 46.1. The minimum Gasteiger partial charge on any atom is -0.444 e. The van der Waals surface area contributed by atoms with E-state index in [4.69, 9.17) is 4.74 Å². The molecule has 3 rings (SSSR count).